The largest absolute Gasteiger partial charge is 0.318 e. The zero-order valence-corrected chi connectivity index (χ0v) is 9.68. The van der Waals surface area contributed by atoms with Crippen LogP contribution in [0.15, 0.2) is 0 Å². The summed E-state index contributed by atoms with van der Waals surface area (Å²) in [6.07, 6.45) is 1.27. The topological polar surface area (TPSA) is 52.6 Å². The highest BCUT2D eigenvalue weighted by Gasteiger charge is 2.22. The van der Waals surface area contributed by atoms with Gasteiger partial charge in [-0.2, -0.15) is 4.31 Å². The van der Waals surface area contributed by atoms with Gasteiger partial charge in [-0.05, 0) is 7.05 Å². The SMILES string of the molecule is CNCCN1CCN(S(C)(=O)=O)CC1. The van der Waals surface area contributed by atoms with Gasteiger partial charge in [0.1, 0.15) is 0 Å². The molecule has 0 atom stereocenters. The predicted octanol–water partition coefficient (Wildman–Crippen LogP) is -1.22. The normalized spacial score (nSPS) is 21.3. The molecule has 14 heavy (non-hydrogen) atoms. The second-order valence-electron chi connectivity index (χ2n) is 3.61. The molecule has 6 heteroatoms. The number of hydrogen-bond donors (Lipinski definition) is 1. The minimum Gasteiger partial charge on any atom is -0.318 e. The standard InChI is InChI=1S/C8H19N3O2S/c1-9-3-4-10-5-7-11(8-6-10)14(2,12)13/h9H,3-8H2,1-2H3. The molecule has 1 rings (SSSR count). The highest BCUT2D eigenvalue weighted by Crippen LogP contribution is 2.04. The fraction of sp³-hybridized carbons (Fsp3) is 1.00. The van der Waals surface area contributed by atoms with Gasteiger partial charge in [-0.25, -0.2) is 8.42 Å². The molecule has 0 radical (unpaired) electrons. The summed E-state index contributed by atoms with van der Waals surface area (Å²) in [6, 6.07) is 0. The molecule has 84 valence electrons. The van der Waals surface area contributed by atoms with Crippen LogP contribution in [0.5, 0.6) is 0 Å². The Bertz CT molecular complexity index is 258. The van der Waals surface area contributed by atoms with Crippen molar-refractivity contribution in [3.05, 3.63) is 0 Å². The molecular weight excluding hydrogens is 202 g/mol. The van der Waals surface area contributed by atoms with Gasteiger partial charge >= 0.3 is 0 Å². The van der Waals surface area contributed by atoms with Crippen LogP contribution in [-0.2, 0) is 10.0 Å². The molecule has 1 N–H and O–H groups in total. The Hall–Kier alpha value is -0.170. The molecule has 5 nitrogen and oxygen atoms in total. The highest BCUT2D eigenvalue weighted by atomic mass is 32.2. The van der Waals surface area contributed by atoms with E-state index < -0.39 is 10.0 Å². The third-order valence-corrected chi connectivity index (χ3v) is 3.78. The minimum atomic E-state index is -2.98. The Morgan fingerprint density at radius 1 is 1.21 bits per heavy atom. The fourth-order valence-corrected chi connectivity index (χ4v) is 2.38. The van der Waals surface area contributed by atoms with E-state index in [0.717, 1.165) is 26.2 Å². The zero-order chi connectivity index (χ0) is 10.6. The molecule has 1 fully saturated rings. The number of nitrogens with one attached hydrogen (secondary N) is 1. The molecule has 1 saturated heterocycles. The van der Waals surface area contributed by atoms with E-state index in [-0.39, 0.29) is 0 Å². The predicted molar refractivity (Wildman–Crippen MR) is 56.8 cm³/mol. The van der Waals surface area contributed by atoms with Crippen molar-refractivity contribution in [1.29, 1.82) is 0 Å². The summed E-state index contributed by atoms with van der Waals surface area (Å²) in [7, 11) is -1.06. The molecule has 0 aliphatic carbocycles. The van der Waals surface area contributed by atoms with E-state index in [1.54, 1.807) is 4.31 Å². The van der Waals surface area contributed by atoms with E-state index in [9.17, 15) is 8.42 Å². The third kappa shape index (κ3) is 3.53. The van der Waals surface area contributed by atoms with Crippen LogP contribution in [0.25, 0.3) is 0 Å². The average molecular weight is 221 g/mol. The summed E-state index contributed by atoms with van der Waals surface area (Å²) < 4.78 is 23.9. The van der Waals surface area contributed by atoms with Crippen molar-refractivity contribution in [2.45, 2.75) is 0 Å². The van der Waals surface area contributed by atoms with Crippen molar-refractivity contribution in [2.24, 2.45) is 0 Å². The number of rotatable bonds is 4. The van der Waals surface area contributed by atoms with Gasteiger partial charge in [-0.1, -0.05) is 0 Å². The van der Waals surface area contributed by atoms with E-state index in [1.165, 1.54) is 6.26 Å². The molecule has 0 aromatic heterocycles. The maximum absolute atomic E-state index is 11.2. The van der Waals surface area contributed by atoms with Crippen molar-refractivity contribution >= 4 is 10.0 Å². The Morgan fingerprint density at radius 2 is 1.79 bits per heavy atom. The van der Waals surface area contributed by atoms with Crippen LogP contribution in [0.1, 0.15) is 0 Å². The quantitative estimate of drug-likeness (QED) is 0.647. The van der Waals surface area contributed by atoms with Gasteiger partial charge in [0, 0.05) is 39.3 Å². The van der Waals surface area contributed by atoms with E-state index in [2.05, 4.69) is 10.2 Å². The molecule has 0 spiro atoms. The first-order chi connectivity index (χ1) is 6.54. The van der Waals surface area contributed by atoms with Gasteiger partial charge in [0.15, 0.2) is 0 Å². The summed E-state index contributed by atoms with van der Waals surface area (Å²) in [4.78, 5) is 2.28. The van der Waals surface area contributed by atoms with Crippen molar-refractivity contribution in [2.75, 3.05) is 52.6 Å². The average Bonchev–Trinajstić information content (AvgIpc) is 2.14. The van der Waals surface area contributed by atoms with E-state index in [0.29, 0.717) is 13.1 Å². The van der Waals surface area contributed by atoms with E-state index >= 15 is 0 Å². The van der Waals surface area contributed by atoms with E-state index in [4.69, 9.17) is 0 Å². The molecule has 0 unspecified atom stereocenters. The van der Waals surface area contributed by atoms with Gasteiger partial charge in [-0.3, -0.25) is 4.90 Å². The van der Waals surface area contributed by atoms with Crippen LogP contribution in [0.2, 0.25) is 0 Å². The lowest BCUT2D eigenvalue weighted by Gasteiger charge is -2.33. The zero-order valence-electron chi connectivity index (χ0n) is 8.86. The number of sulfonamides is 1. The lowest BCUT2D eigenvalue weighted by Crippen LogP contribution is -2.49. The van der Waals surface area contributed by atoms with Gasteiger partial charge < -0.3 is 5.32 Å². The second-order valence-corrected chi connectivity index (χ2v) is 5.59. The summed E-state index contributed by atoms with van der Waals surface area (Å²) in [6.45, 7) is 4.89. The molecule has 1 aliphatic heterocycles. The maximum atomic E-state index is 11.2. The van der Waals surface area contributed by atoms with Crippen LogP contribution in [0.3, 0.4) is 0 Å². The molecular formula is C8H19N3O2S. The first kappa shape index (κ1) is 11.9. The Kier molecular flexibility index (Phi) is 4.31. The summed E-state index contributed by atoms with van der Waals surface area (Å²) in [5.74, 6) is 0. The van der Waals surface area contributed by atoms with Gasteiger partial charge in [-0.15, -0.1) is 0 Å². The summed E-state index contributed by atoms with van der Waals surface area (Å²) in [5, 5.41) is 3.08. The number of nitrogens with zero attached hydrogens (tertiary/aromatic N) is 2. The van der Waals surface area contributed by atoms with Crippen molar-refractivity contribution in [1.82, 2.24) is 14.5 Å². The van der Waals surface area contributed by atoms with Crippen LogP contribution in [0.4, 0.5) is 0 Å². The lowest BCUT2D eigenvalue weighted by atomic mass is 10.3. The summed E-state index contributed by atoms with van der Waals surface area (Å²) in [5.41, 5.74) is 0. The molecule has 0 saturated carbocycles. The molecule has 0 aromatic rings. The second kappa shape index (κ2) is 5.06. The molecule has 1 aliphatic rings. The molecule has 0 bridgehead atoms. The van der Waals surface area contributed by atoms with E-state index in [1.807, 2.05) is 7.05 Å². The van der Waals surface area contributed by atoms with Crippen molar-refractivity contribution < 1.29 is 8.42 Å². The summed E-state index contributed by atoms with van der Waals surface area (Å²) >= 11 is 0. The molecule has 0 amide bonds. The fourth-order valence-electron chi connectivity index (χ4n) is 1.55. The van der Waals surface area contributed by atoms with Crippen molar-refractivity contribution in [3.8, 4) is 0 Å². The maximum Gasteiger partial charge on any atom is 0.211 e. The Morgan fingerprint density at radius 3 is 2.21 bits per heavy atom. The van der Waals surface area contributed by atoms with Gasteiger partial charge in [0.05, 0.1) is 6.26 Å². The van der Waals surface area contributed by atoms with Crippen LogP contribution in [0, 0.1) is 0 Å². The minimum absolute atomic E-state index is 0.628. The van der Waals surface area contributed by atoms with Crippen LogP contribution < -0.4 is 5.32 Å². The Labute approximate surface area is 86.1 Å². The first-order valence-corrected chi connectivity index (χ1v) is 6.71. The lowest BCUT2D eigenvalue weighted by molar-refractivity contribution is 0.190. The van der Waals surface area contributed by atoms with Crippen LogP contribution in [-0.4, -0.2) is 70.2 Å². The van der Waals surface area contributed by atoms with Crippen LogP contribution >= 0.6 is 0 Å². The van der Waals surface area contributed by atoms with Gasteiger partial charge in [0.25, 0.3) is 0 Å². The first-order valence-electron chi connectivity index (χ1n) is 4.86. The third-order valence-electron chi connectivity index (χ3n) is 2.48. The number of likely N-dealkylation sites (N-methyl/N-ethyl adjacent to an activating group) is 1. The van der Waals surface area contributed by atoms with Crippen molar-refractivity contribution in [3.63, 3.8) is 0 Å². The molecule has 1 heterocycles. The number of piperazine rings is 1. The molecule has 0 aromatic carbocycles. The Balaban J connectivity index is 2.31. The monoisotopic (exact) mass is 221 g/mol. The smallest absolute Gasteiger partial charge is 0.211 e. The number of hydrogen-bond acceptors (Lipinski definition) is 4. The van der Waals surface area contributed by atoms with Gasteiger partial charge in [0.2, 0.25) is 10.0 Å². The highest BCUT2D eigenvalue weighted by molar-refractivity contribution is 7.88.